The lowest BCUT2D eigenvalue weighted by molar-refractivity contribution is -0.147. The van der Waals surface area contributed by atoms with Crippen LogP contribution in [0, 0.1) is 0 Å². The van der Waals surface area contributed by atoms with Crippen molar-refractivity contribution in [3.8, 4) is 0 Å². The molecule has 1 amide bonds. The first-order valence-electron chi connectivity index (χ1n) is 9.46. The number of hydrogen-bond donors (Lipinski definition) is 1. The van der Waals surface area contributed by atoms with Crippen LogP contribution in [0.2, 0.25) is 0 Å². The van der Waals surface area contributed by atoms with Crippen LogP contribution in [0.3, 0.4) is 0 Å². The molecule has 2 fully saturated rings. The van der Waals surface area contributed by atoms with E-state index in [4.69, 9.17) is 14.2 Å². The van der Waals surface area contributed by atoms with Crippen LogP contribution in [0.1, 0.15) is 43.5 Å². The minimum atomic E-state index is -0.503. The fraction of sp³-hybridized carbons (Fsp3) is 0.650. The molecule has 26 heavy (non-hydrogen) atoms. The molecule has 0 radical (unpaired) electrons. The number of piperazine rings is 1. The number of amides is 1. The summed E-state index contributed by atoms with van der Waals surface area (Å²) in [5.41, 5.74) is 3.20. The van der Waals surface area contributed by atoms with Crippen LogP contribution < -0.4 is 5.32 Å². The normalized spacial score (nSPS) is 24.7. The molecule has 3 aliphatic rings. The van der Waals surface area contributed by atoms with Gasteiger partial charge < -0.3 is 19.5 Å². The lowest BCUT2D eigenvalue weighted by Gasteiger charge is -2.38. The quantitative estimate of drug-likeness (QED) is 0.833. The van der Waals surface area contributed by atoms with Gasteiger partial charge in [-0.2, -0.15) is 0 Å². The average molecular weight is 360 g/mol. The highest BCUT2D eigenvalue weighted by molar-refractivity contribution is 5.69. The van der Waals surface area contributed by atoms with Crippen molar-refractivity contribution < 1.29 is 19.0 Å². The minimum Gasteiger partial charge on any atom is -0.444 e. The molecule has 1 unspecified atom stereocenters. The summed E-state index contributed by atoms with van der Waals surface area (Å²) >= 11 is 0. The van der Waals surface area contributed by atoms with Crippen LogP contribution in [-0.2, 0) is 27.1 Å². The Bertz CT molecular complexity index is 692. The summed E-state index contributed by atoms with van der Waals surface area (Å²) < 4.78 is 17.5. The van der Waals surface area contributed by atoms with Crippen molar-refractivity contribution in [2.45, 2.75) is 51.0 Å². The maximum Gasteiger partial charge on any atom is 0.410 e. The molecule has 2 heterocycles. The third-order valence-electron chi connectivity index (χ3n) is 5.26. The molecule has 0 aromatic heterocycles. The zero-order valence-electron chi connectivity index (χ0n) is 15.8. The van der Waals surface area contributed by atoms with Gasteiger partial charge in [-0.3, -0.25) is 4.90 Å². The Morgan fingerprint density at radius 3 is 2.77 bits per heavy atom. The number of rotatable bonds is 1. The molecule has 1 aliphatic carbocycles. The van der Waals surface area contributed by atoms with Crippen LogP contribution >= 0.6 is 0 Å². The summed E-state index contributed by atoms with van der Waals surface area (Å²) in [6.07, 6.45) is 1.28. The molecule has 2 saturated heterocycles. The number of nitrogens with one attached hydrogen (secondary N) is 1. The van der Waals surface area contributed by atoms with Gasteiger partial charge in [0.2, 0.25) is 0 Å². The average Bonchev–Trinajstić information content (AvgIpc) is 3.19. The molecule has 6 heteroatoms. The zero-order chi connectivity index (χ0) is 18.4. The highest BCUT2D eigenvalue weighted by atomic mass is 16.7. The Labute approximate surface area is 154 Å². The monoisotopic (exact) mass is 360 g/mol. The maximum atomic E-state index is 12.8. The maximum absolute atomic E-state index is 12.8. The van der Waals surface area contributed by atoms with Crippen LogP contribution in [0.25, 0.3) is 0 Å². The Hall–Kier alpha value is -1.63. The Morgan fingerprint density at radius 1 is 1.27 bits per heavy atom. The Balaban J connectivity index is 1.62. The summed E-state index contributed by atoms with van der Waals surface area (Å²) in [5, 5.41) is 3.42. The van der Waals surface area contributed by atoms with Gasteiger partial charge in [-0.05, 0) is 37.5 Å². The number of carbonyl (C=O) groups excluding carboxylic acids is 1. The second kappa shape index (κ2) is 6.51. The standard InChI is InChI=1S/C20H28N2O4/c1-19(2,3)26-18(23)22-8-7-21-13-17(22)15-6-4-5-14-11-20(12-16(14)15)24-9-10-25-20/h4-6,17,21H,7-13H2,1-3H3. The predicted molar refractivity (Wildman–Crippen MR) is 97.0 cm³/mol. The van der Waals surface area contributed by atoms with E-state index in [9.17, 15) is 4.79 Å². The molecule has 142 valence electrons. The van der Waals surface area contributed by atoms with E-state index in [2.05, 4.69) is 23.5 Å². The molecule has 1 spiro atoms. The molecule has 1 aromatic carbocycles. The van der Waals surface area contributed by atoms with Crippen molar-refractivity contribution in [2.24, 2.45) is 0 Å². The van der Waals surface area contributed by atoms with Crippen molar-refractivity contribution in [2.75, 3.05) is 32.8 Å². The highest BCUT2D eigenvalue weighted by Crippen LogP contribution is 2.40. The van der Waals surface area contributed by atoms with Gasteiger partial charge in [-0.1, -0.05) is 18.2 Å². The van der Waals surface area contributed by atoms with Gasteiger partial charge in [0.05, 0.1) is 19.3 Å². The highest BCUT2D eigenvalue weighted by Gasteiger charge is 2.44. The van der Waals surface area contributed by atoms with Crippen molar-refractivity contribution in [1.82, 2.24) is 10.2 Å². The third kappa shape index (κ3) is 3.33. The van der Waals surface area contributed by atoms with Crippen molar-refractivity contribution in [3.05, 3.63) is 34.9 Å². The first-order valence-corrected chi connectivity index (χ1v) is 9.46. The van der Waals surface area contributed by atoms with Crippen molar-refractivity contribution in [1.29, 1.82) is 0 Å². The summed E-state index contributed by atoms with van der Waals surface area (Å²) in [5.74, 6) is -0.503. The molecule has 6 nitrogen and oxygen atoms in total. The van der Waals surface area contributed by atoms with E-state index >= 15 is 0 Å². The van der Waals surface area contributed by atoms with E-state index in [0.717, 1.165) is 25.9 Å². The van der Waals surface area contributed by atoms with Gasteiger partial charge in [0.1, 0.15) is 5.60 Å². The largest absolute Gasteiger partial charge is 0.444 e. The van der Waals surface area contributed by atoms with Gasteiger partial charge >= 0.3 is 6.09 Å². The summed E-state index contributed by atoms with van der Waals surface area (Å²) in [6.45, 7) is 9.16. The minimum absolute atomic E-state index is 0.0369. The van der Waals surface area contributed by atoms with Gasteiger partial charge in [-0.15, -0.1) is 0 Å². The van der Waals surface area contributed by atoms with E-state index in [1.807, 2.05) is 25.7 Å². The molecular weight excluding hydrogens is 332 g/mol. The number of carbonyl (C=O) groups is 1. The lowest BCUT2D eigenvalue weighted by atomic mass is 9.95. The van der Waals surface area contributed by atoms with E-state index in [-0.39, 0.29) is 12.1 Å². The summed E-state index contributed by atoms with van der Waals surface area (Å²) in [6, 6.07) is 6.31. The summed E-state index contributed by atoms with van der Waals surface area (Å²) in [7, 11) is 0. The SMILES string of the molecule is CC(C)(C)OC(=O)N1CCNCC1c1cccc2c1CC1(C2)OCCO1. The molecule has 1 aromatic rings. The van der Waals surface area contributed by atoms with Gasteiger partial charge in [0.15, 0.2) is 5.79 Å². The first kappa shape index (κ1) is 17.8. The topological polar surface area (TPSA) is 60.0 Å². The number of hydrogen-bond acceptors (Lipinski definition) is 5. The van der Waals surface area contributed by atoms with Crippen LogP contribution in [0.15, 0.2) is 18.2 Å². The number of nitrogens with zero attached hydrogens (tertiary/aromatic N) is 1. The second-order valence-corrected chi connectivity index (χ2v) is 8.34. The van der Waals surface area contributed by atoms with Gasteiger partial charge in [-0.25, -0.2) is 4.79 Å². The van der Waals surface area contributed by atoms with Crippen molar-refractivity contribution >= 4 is 6.09 Å². The molecule has 1 atom stereocenters. The molecule has 2 aliphatic heterocycles. The van der Waals surface area contributed by atoms with Crippen LogP contribution in [0.5, 0.6) is 0 Å². The summed E-state index contributed by atoms with van der Waals surface area (Å²) in [4.78, 5) is 14.6. The number of benzene rings is 1. The molecular formula is C20H28N2O4. The van der Waals surface area contributed by atoms with Gasteiger partial charge in [0.25, 0.3) is 0 Å². The fourth-order valence-corrected chi connectivity index (χ4v) is 4.19. The van der Waals surface area contributed by atoms with E-state index < -0.39 is 11.4 Å². The van der Waals surface area contributed by atoms with E-state index in [1.54, 1.807) is 0 Å². The molecule has 0 saturated carbocycles. The second-order valence-electron chi connectivity index (χ2n) is 8.34. The molecule has 0 bridgehead atoms. The van der Waals surface area contributed by atoms with Crippen LogP contribution in [0.4, 0.5) is 4.79 Å². The fourth-order valence-electron chi connectivity index (χ4n) is 4.19. The Morgan fingerprint density at radius 2 is 2.04 bits per heavy atom. The number of fused-ring (bicyclic) bond motifs is 1. The number of ether oxygens (including phenoxy) is 3. The lowest BCUT2D eigenvalue weighted by Crippen LogP contribution is -2.50. The molecule has 1 N–H and O–H groups in total. The molecule has 4 rings (SSSR count). The Kier molecular flexibility index (Phi) is 4.45. The van der Waals surface area contributed by atoms with E-state index in [0.29, 0.717) is 19.8 Å². The third-order valence-corrected chi connectivity index (χ3v) is 5.26. The van der Waals surface area contributed by atoms with Crippen molar-refractivity contribution in [3.63, 3.8) is 0 Å². The zero-order valence-corrected chi connectivity index (χ0v) is 15.8. The smallest absolute Gasteiger partial charge is 0.410 e. The van der Waals surface area contributed by atoms with Gasteiger partial charge in [0, 0.05) is 32.5 Å². The first-order chi connectivity index (χ1) is 12.4. The van der Waals surface area contributed by atoms with E-state index in [1.165, 1.54) is 16.7 Å². The predicted octanol–water partition coefficient (Wildman–Crippen LogP) is 2.41. The van der Waals surface area contributed by atoms with Crippen LogP contribution in [-0.4, -0.2) is 55.2 Å².